The second-order valence-corrected chi connectivity index (χ2v) is 8.29. The third-order valence-corrected chi connectivity index (χ3v) is 5.70. The van der Waals surface area contributed by atoms with Crippen LogP contribution in [0.15, 0.2) is 24.8 Å². The lowest BCUT2D eigenvalue weighted by molar-refractivity contribution is 0.117. The Balaban J connectivity index is 1.74. The standard InChI is InChI=1S/C18H24O4S/c1-4-21-16-5-6-17-13(2)18(12-14(17)11-16)9-7-15(8-10-18)22-23(3,19)20/h5-6,11,15H,2,4,7-10,12H2,1,3H3. The summed E-state index contributed by atoms with van der Waals surface area (Å²) in [5.41, 5.74) is 3.78. The fraction of sp³-hybridized carbons (Fsp3) is 0.556. The van der Waals surface area contributed by atoms with Gasteiger partial charge in [-0.3, -0.25) is 4.18 Å². The van der Waals surface area contributed by atoms with E-state index in [2.05, 4.69) is 18.7 Å². The van der Waals surface area contributed by atoms with Gasteiger partial charge in [0.2, 0.25) is 0 Å². The van der Waals surface area contributed by atoms with Crippen LogP contribution in [0.4, 0.5) is 0 Å². The number of rotatable bonds is 4. The molecule has 1 aromatic rings. The molecule has 0 radical (unpaired) electrons. The van der Waals surface area contributed by atoms with E-state index < -0.39 is 10.1 Å². The Labute approximate surface area is 138 Å². The van der Waals surface area contributed by atoms with Crippen molar-refractivity contribution in [1.82, 2.24) is 0 Å². The fourth-order valence-corrected chi connectivity index (χ4v) is 4.68. The molecule has 1 aromatic carbocycles. The quantitative estimate of drug-likeness (QED) is 0.789. The zero-order chi connectivity index (χ0) is 16.7. The average molecular weight is 336 g/mol. The molecule has 5 heteroatoms. The zero-order valence-electron chi connectivity index (χ0n) is 13.8. The Kier molecular flexibility index (Phi) is 4.27. The van der Waals surface area contributed by atoms with E-state index in [9.17, 15) is 8.42 Å². The Morgan fingerprint density at radius 3 is 2.61 bits per heavy atom. The lowest BCUT2D eigenvalue weighted by Crippen LogP contribution is -2.31. The summed E-state index contributed by atoms with van der Waals surface area (Å²) in [6.45, 7) is 6.99. The molecule has 4 nitrogen and oxygen atoms in total. The maximum atomic E-state index is 11.3. The highest BCUT2D eigenvalue weighted by Gasteiger charge is 2.43. The molecule has 0 saturated heterocycles. The first-order valence-electron chi connectivity index (χ1n) is 8.17. The van der Waals surface area contributed by atoms with Crippen molar-refractivity contribution in [2.75, 3.05) is 12.9 Å². The molecule has 0 aliphatic heterocycles. The largest absolute Gasteiger partial charge is 0.494 e. The molecule has 0 amide bonds. The van der Waals surface area contributed by atoms with E-state index in [1.54, 1.807) is 0 Å². The van der Waals surface area contributed by atoms with Crippen LogP contribution >= 0.6 is 0 Å². The highest BCUT2D eigenvalue weighted by Crippen LogP contribution is 2.54. The van der Waals surface area contributed by atoms with Gasteiger partial charge in [-0.05, 0) is 73.3 Å². The first-order chi connectivity index (χ1) is 10.8. The molecule has 1 saturated carbocycles. The number of allylic oxidation sites excluding steroid dienone is 1. The normalized spacial score (nSPS) is 27.2. The number of ether oxygens (including phenoxy) is 1. The average Bonchev–Trinajstić information content (AvgIpc) is 2.73. The molecule has 23 heavy (non-hydrogen) atoms. The fourth-order valence-electron chi connectivity index (χ4n) is 3.99. The van der Waals surface area contributed by atoms with Crippen molar-refractivity contribution in [3.8, 4) is 5.75 Å². The maximum Gasteiger partial charge on any atom is 0.264 e. The topological polar surface area (TPSA) is 52.6 Å². The minimum absolute atomic E-state index is 0.0601. The van der Waals surface area contributed by atoms with Crippen LogP contribution in [-0.2, 0) is 20.7 Å². The highest BCUT2D eigenvalue weighted by atomic mass is 32.2. The Bertz CT molecular complexity index is 713. The molecule has 0 unspecified atom stereocenters. The van der Waals surface area contributed by atoms with Gasteiger partial charge in [0.15, 0.2) is 0 Å². The van der Waals surface area contributed by atoms with Crippen LogP contribution in [0, 0.1) is 5.41 Å². The van der Waals surface area contributed by atoms with Gasteiger partial charge in [0.05, 0.1) is 19.0 Å². The first kappa shape index (κ1) is 16.5. The monoisotopic (exact) mass is 336 g/mol. The van der Waals surface area contributed by atoms with Crippen LogP contribution in [0.2, 0.25) is 0 Å². The molecule has 0 bridgehead atoms. The van der Waals surface area contributed by atoms with Gasteiger partial charge in [-0.2, -0.15) is 8.42 Å². The van der Waals surface area contributed by atoms with Gasteiger partial charge < -0.3 is 4.74 Å². The second kappa shape index (κ2) is 5.95. The van der Waals surface area contributed by atoms with Crippen LogP contribution in [0.25, 0.3) is 5.57 Å². The van der Waals surface area contributed by atoms with Gasteiger partial charge in [0, 0.05) is 0 Å². The van der Waals surface area contributed by atoms with Crippen molar-refractivity contribution in [2.45, 2.75) is 45.1 Å². The molecule has 0 atom stereocenters. The van der Waals surface area contributed by atoms with Gasteiger partial charge in [0.25, 0.3) is 10.1 Å². The van der Waals surface area contributed by atoms with Crippen LogP contribution < -0.4 is 4.74 Å². The van der Waals surface area contributed by atoms with Crippen molar-refractivity contribution in [3.05, 3.63) is 35.9 Å². The van der Waals surface area contributed by atoms with Crippen LogP contribution in [0.1, 0.15) is 43.7 Å². The van der Waals surface area contributed by atoms with Crippen LogP contribution in [0.3, 0.4) is 0 Å². The van der Waals surface area contributed by atoms with Gasteiger partial charge in [0.1, 0.15) is 5.75 Å². The SMILES string of the molecule is C=C1c2ccc(OCC)cc2CC12CCC(OS(C)(=O)=O)CC2. The molecular weight excluding hydrogens is 312 g/mol. The third kappa shape index (κ3) is 3.31. The molecule has 1 spiro atoms. The number of hydrogen-bond acceptors (Lipinski definition) is 4. The lowest BCUT2D eigenvalue weighted by Gasteiger charge is -2.37. The summed E-state index contributed by atoms with van der Waals surface area (Å²) in [6.07, 6.45) is 5.27. The molecule has 2 aliphatic rings. The van der Waals surface area contributed by atoms with Gasteiger partial charge in [-0.15, -0.1) is 0 Å². The van der Waals surface area contributed by atoms with E-state index in [-0.39, 0.29) is 11.5 Å². The van der Waals surface area contributed by atoms with E-state index in [4.69, 9.17) is 8.92 Å². The maximum absolute atomic E-state index is 11.3. The first-order valence-corrected chi connectivity index (χ1v) is 9.98. The van der Waals surface area contributed by atoms with Gasteiger partial charge >= 0.3 is 0 Å². The molecular formula is C18H24O4S. The Morgan fingerprint density at radius 2 is 2.00 bits per heavy atom. The smallest absolute Gasteiger partial charge is 0.264 e. The molecule has 2 aliphatic carbocycles. The van der Waals surface area contributed by atoms with Crippen LogP contribution in [-0.4, -0.2) is 27.4 Å². The predicted octanol–water partition coefficient (Wildman–Crippen LogP) is 3.56. The van der Waals surface area contributed by atoms with E-state index >= 15 is 0 Å². The zero-order valence-corrected chi connectivity index (χ0v) is 14.6. The number of hydrogen-bond donors (Lipinski definition) is 0. The van der Waals surface area contributed by atoms with Crippen molar-refractivity contribution in [2.24, 2.45) is 5.41 Å². The minimum atomic E-state index is -3.38. The van der Waals surface area contributed by atoms with Crippen molar-refractivity contribution in [3.63, 3.8) is 0 Å². The third-order valence-electron chi connectivity index (χ3n) is 5.08. The van der Waals surface area contributed by atoms with E-state index in [1.165, 1.54) is 16.7 Å². The van der Waals surface area contributed by atoms with E-state index in [1.807, 2.05) is 13.0 Å². The summed E-state index contributed by atoms with van der Waals surface area (Å²) in [6, 6.07) is 6.24. The summed E-state index contributed by atoms with van der Waals surface area (Å²) in [4.78, 5) is 0. The summed E-state index contributed by atoms with van der Waals surface area (Å²) in [5, 5.41) is 0. The molecule has 0 aromatic heterocycles. The summed E-state index contributed by atoms with van der Waals surface area (Å²) in [5.74, 6) is 0.908. The molecule has 126 valence electrons. The summed E-state index contributed by atoms with van der Waals surface area (Å²) >= 11 is 0. The lowest BCUT2D eigenvalue weighted by atomic mass is 9.69. The van der Waals surface area contributed by atoms with Crippen molar-refractivity contribution >= 4 is 15.7 Å². The van der Waals surface area contributed by atoms with Gasteiger partial charge in [-0.1, -0.05) is 12.6 Å². The van der Waals surface area contributed by atoms with Crippen molar-refractivity contribution < 1.29 is 17.3 Å². The van der Waals surface area contributed by atoms with Crippen LogP contribution in [0.5, 0.6) is 5.75 Å². The van der Waals surface area contributed by atoms with Crippen molar-refractivity contribution in [1.29, 1.82) is 0 Å². The number of benzene rings is 1. The summed E-state index contributed by atoms with van der Waals surface area (Å²) in [7, 11) is -3.38. The van der Waals surface area contributed by atoms with E-state index in [0.717, 1.165) is 44.1 Å². The molecule has 0 heterocycles. The molecule has 0 N–H and O–H groups in total. The molecule has 3 rings (SSSR count). The predicted molar refractivity (Wildman–Crippen MR) is 91.0 cm³/mol. The Hall–Kier alpha value is -1.33. The minimum Gasteiger partial charge on any atom is -0.494 e. The Morgan fingerprint density at radius 1 is 1.30 bits per heavy atom. The highest BCUT2D eigenvalue weighted by molar-refractivity contribution is 7.86. The number of fused-ring (bicyclic) bond motifs is 1. The molecule has 1 fully saturated rings. The second-order valence-electron chi connectivity index (χ2n) is 6.69. The van der Waals surface area contributed by atoms with E-state index in [0.29, 0.717) is 6.61 Å². The van der Waals surface area contributed by atoms with Gasteiger partial charge in [-0.25, -0.2) is 0 Å². The summed E-state index contributed by atoms with van der Waals surface area (Å²) < 4.78 is 33.4.